The van der Waals surface area contributed by atoms with Crippen LogP contribution in [0.25, 0.3) is 0 Å². The van der Waals surface area contributed by atoms with E-state index in [4.69, 9.17) is 5.11 Å². The van der Waals surface area contributed by atoms with Gasteiger partial charge in [0.15, 0.2) is 0 Å². The maximum Gasteiger partial charge on any atom is 0.321 e. The van der Waals surface area contributed by atoms with Crippen molar-refractivity contribution < 1.29 is 14.7 Å². The number of carbonyl (C=O) groups excluding carboxylic acids is 1. The van der Waals surface area contributed by atoms with Gasteiger partial charge in [-0.25, -0.2) is 4.79 Å². The van der Waals surface area contributed by atoms with Crippen LogP contribution < -0.4 is 10.2 Å². The molecule has 0 spiro atoms. The molecule has 0 heterocycles. The van der Waals surface area contributed by atoms with Gasteiger partial charge in [-0.15, -0.1) is 0 Å². The van der Waals surface area contributed by atoms with E-state index in [2.05, 4.69) is 5.32 Å². The van der Waals surface area contributed by atoms with Crippen LogP contribution in [-0.4, -0.2) is 49.7 Å². The van der Waals surface area contributed by atoms with E-state index in [9.17, 15) is 9.59 Å². The zero-order valence-electron chi connectivity index (χ0n) is 12.3. The van der Waals surface area contributed by atoms with Gasteiger partial charge in [0, 0.05) is 39.1 Å². The molecular formula is C14H21N3O3. The lowest BCUT2D eigenvalue weighted by Crippen LogP contribution is -2.33. The molecular weight excluding hydrogens is 258 g/mol. The van der Waals surface area contributed by atoms with Gasteiger partial charge in [0.2, 0.25) is 0 Å². The average Bonchev–Trinajstić information content (AvgIpc) is 2.37. The number of hydrogen-bond donors (Lipinski definition) is 2. The van der Waals surface area contributed by atoms with Crippen molar-refractivity contribution in [1.29, 1.82) is 0 Å². The number of carboxylic acid groups (broad SMARTS) is 1. The third-order valence-electron chi connectivity index (χ3n) is 3.04. The van der Waals surface area contributed by atoms with Crippen molar-refractivity contribution >= 4 is 23.4 Å². The summed E-state index contributed by atoms with van der Waals surface area (Å²) in [6, 6.07) is 5.35. The van der Waals surface area contributed by atoms with Crippen LogP contribution in [0.5, 0.6) is 0 Å². The van der Waals surface area contributed by atoms with Crippen LogP contribution >= 0.6 is 0 Å². The molecule has 0 atom stereocenters. The van der Waals surface area contributed by atoms with Crippen LogP contribution in [0.3, 0.4) is 0 Å². The number of carboxylic acids is 1. The van der Waals surface area contributed by atoms with Gasteiger partial charge >= 0.3 is 12.0 Å². The maximum absolute atomic E-state index is 12.0. The molecule has 2 amide bonds. The number of nitrogens with one attached hydrogen (secondary N) is 1. The first-order valence-corrected chi connectivity index (χ1v) is 6.33. The third kappa shape index (κ3) is 4.15. The number of aliphatic carboxylic acids is 1. The third-order valence-corrected chi connectivity index (χ3v) is 3.04. The maximum atomic E-state index is 12.0. The number of anilines is 2. The first kappa shape index (κ1) is 15.8. The second-order valence-corrected chi connectivity index (χ2v) is 4.84. The Kier molecular flexibility index (Phi) is 5.37. The van der Waals surface area contributed by atoms with E-state index >= 15 is 0 Å². The van der Waals surface area contributed by atoms with E-state index in [0.29, 0.717) is 0 Å². The summed E-state index contributed by atoms with van der Waals surface area (Å²) >= 11 is 0. The van der Waals surface area contributed by atoms with E-state index in [0.717, 1.165) is 16.9 Å². The summed E-state index contributed by atoms with van der Waals surface area (Å²) in [7, 11) is 5.45. The minimum absolute atomic E-state index is 0.0688. The van der Waals surface area contributed by atoms with Crippen molar-refractivity contribution in [1.82, 2.24) is 4.90 Å². The van der Waals surface area contributed by atoms with Crippen molar-refractivity contribution in [3.05, 3.63) is 23.8 Å². The predicted molar refractivity (Wildman–Crippen MR) is 79.4 cm³/mol. The van der Waals surface area contributed by atoms with Gasteiger partial charge in [0.1, 0.15) is 0 Å². The van der Waals surface area contributed by atoms with Crippen molar-refractivity contribution in [3.8, 4) is 0 Å². The molecule has 20 heavy (non-hydrogen) atoms. The molecule has 0 aliphatic carbocycles. The number of amides is 2. The highest BCUT2D eigenvalue weighted by molar-refractivity contribution is 5.91. The lowest BCUT2D eigenvalue weighted by molar-refractivity contribution is -0.137. The fraction of sp³-hybridized carbons (Fsp3) is 0.429. The summed E-state index contributed by atoms with van der Waals surface area (Å²) in [5, 5.41) is 11.4. The minimum Gasteiger partial charge on any atom is -0.481 e. The number of urea groups is 1. The van der Waals surface area contributed by atoms with Crippen molar-refractivity contribution in [2.75, 3.05) is 37.9 Å². The van der Waals surface area contributed by atoms with Gasteiger partial charge in [-0.1, -0.05) is 6.07 Å². The summed E-state index contributed by atoms with van der Waals surface area (Å²) in [4.78, 5) is 25.8. The molecule has 0 aliphatic rings. The van der Waals surface area contributed by atoms with E-state index in [1.165, 1.54) is 4.90 Å². The quantitative estimate of drug-likeness (QED) is 0.864. The number of hydrogen-bond acceptors (Lipinski definition) is 3. The van der Waals surface area contributed by atoms with E-state index in [1.807, 2.05) is 44.1 Å². The molecule has 1 rings (SSSR count). The fourth-order valence-electron chi connectivity index (χ4n) is 1.82. The predicted octanol–water partition coefficient (Wildman–Crippen LogP) is 2.00. The molecule has 0 unspecified atom stereocenters. The second-order valence-electron chi connectivity index (χ2n) is 4.84. The summed E-state index contributed by atoms with van der Waals surface area (Å²) in [5.41, 5.74) is 2.72. The lowest BCUT2D eigenvalue weighted by Gasteiger charge is -2.21. The summed E-state index contributed by atoms with van der Waals surface area (Å²) in [6.45, 7) is 2.11. The Bertz CT molecular complexity index is 500. The Labute approximate surface area is 119 Å². The Balaban J connectivity index is 2.75. The van der Waals surface area contributed by atoms with Gasteiger partial charge in [-0.3, -0.25) is 4.79 Å². The van der Waals surface area contributed by atoms with E-state index in [-0.39, 0.29) is 19.0 Å². The molecule has 0 aliphatic heterocycles. The molecule has 0 bridgehead atoms. The zero-order valence-corrected chi connectivity index (χ0v) is 12.3. The topological polar surface area (TPSA) is 72.9 Å². The molecule has 1 aromatic rings. The highest BCUT2D eigenvalue weighted by Gasteiger charge is 2.13. The molecule has 1 aromatic carbocycles. The molecule has 0 saturated carbocycles. The minimum atomic E-state index is -0.921. The molecule has 0 fully saturated rings. The standard InChI is InChI=1S/C14H21N3O3/c1-10-11(6-5-7-12(10)16(2)3)15-14(20)17(4)9-8-13(18)19/h5-7H,8-9H2,1-4H3,(H,15,20)(H,18,19). The number of nitrogens with zero attached hydrogens (tertiary/aromatic N) is 2. The molecule has 6 nitrogen and oxygen atoms in total. The monoisotopic (exact) mass is 279 g/mol. The number of benzene rings is 1. The SMILES string of the molecule is Cc1c(NC(=O)N(C)CCC(=O)O)cccc1N(C)C. The second kappa shape index (κ2) is 6.79. The highest BCUT2D eigenvalue weighted by atomic mass is 16.4. The molecule has 2 N–H and O–H groups in total. The Morgan fingerprint density at radius 2 is 1.90 bits per heavy atom. The smallest absolute Gasteiger partial charge is 0.321 e. The van der Waals surface area contributed by atoms with Gasteiger partial charge < -0.3 is 20.2 Å². The van der Waals surface area contributed by atoms with Crippen LogP contribution in [0.15, 0.2) is 18.2 Å². The van der Waals surface area contributed by atoms with Crippen LogP contribution in [-0.2, 0) is 4.79 Å². The normalized spacial score (nSPS) is 10.0. The summed E-state index contributed by atoms with van der Waals surface area (Å²) < 4.78 is 0. The molecule has 6 heteroatoms. The molecule has 0 aromatic heterocycles. The Morgan fingerprint density at radius 3 is 2.45 bits per heavy atom. The Morgan fingerprint density at radius 1 is 1.25 bits per heavy atom. The van der Waals surface area contributed by atoms with Crippen LogP contribution in [0.1, 0.15) is 12.0 Å². The molecule has 110 valence electrons. The number of carbonyl (C=O) groups is 2. The van der Waals surface area contributed by atoms with Gasteiger partial charge in [-0.05, 0) is 24.6 Å². The van der Waals surface area contributed by atoms with Crippen LogP contribution in [0.2, 0.25) is 0 Å². The van der Waals surface area contributed by atoms with Crippen molar-refractivity contribution in [2.45, 2.75) is 13.3 Å². The van der Waals surface area contributed by atoms with Gasteiger partial charge in [0.05, 0.1) is 6.42 Å². The first-order valence-electron chi connectivity index (χ1n) is 6.33. The fourth-order valence-corrected chi connectivity index (χ4v) is 1.82. The largest absolute Gasteiger partial charge is 0.481 e. The van der Waals surface area contributed by atoms with E-state index < -0.39 is 5.97 Å². The number of rotatable bonds is 5. The summed E-state index contributed by atoms with van der Waals surface area (Å²) in [6.07, 6.45) is -0.0688. The Hall–Kier alpha value is -2.24. The first-order chi connectivity index (χ1) is 9.32. The molecule has 0 radical (unpaired) electrons. The van der Waals surface area contributed by atoms with Crippen molar-refractivity contribution in [3.63, 3.8) is 0 Å². The lowest BCUT2D eigenvalue weighted by atomic mass is 10.1. The zero-order chi connectivity index (χ0) is 15.3. The van der Waals surface area contributed by atoms with E-state index in [1.54, 1.807) is 7.05 Å². The highest BCUT2D eigenvalue weighted by Crippen LogP contribution is 2.25. The van der Waals surface area contributed by atoms with Crippen molar-refractivity contribution in [2.24, 2.45) is 0 Å². The van der Waals surface area contributed by atoms with Gasteiger partial charge in [0.25, 0.3) is 0 Å². The van der Waals surface area contributed by atoms with Crippen LogP contribution in [0.4, 0.5) is 16.2 Å². The summed E-state index contributed by atoms with van der Waals surface area (Å²) in [5.74, 6) is -0.921. The molecule has 0 saturated heterocycles. The van der Waals surface area contributed by atoms with Crippen LogP contribution in [0, 0.1) is 6.92 Å². The van der Waals surface area contributed by atoms with Gasteiger partial charge in [-0.2, -0.15) is 0 Å². The average molecular weight is 279 g/mol.